The second-order valence-electron chi connectivity index (χ2n) is 2.90. The van der Waals surface area contributed by atoms with Crippen LogP contribution < -0.4 is 0 Å². The smallest absolute Gasteiger partial charge is 0.187 e. The summed E-state index contributed by atoms with van der Waals surface area (Å²) in [5, 5.41) is 11.4. The molecule has 1 atom stereocenters. The van der Waals surface area contributed by atoms with Gasteiger partial charge in [-0.3, -0.25) is 4.79 Å². The van der Waals surface area contributed by atoms with Crippen LogP contribution in [0.4, 0.5) is 0 Å². The Morgan fingerprint density at radius 2 is 2.40 bits per heavy atom. The van der Waals surface area contributed by atoms with Gasteiger partial charge in [-0.2, -0.15) is 0 Å². The van der Waals surface area contributed by atoms with E-state index in [0.717, 1.165) is 6.42 Å². The van der Waals surface area contributed by atoms with Crippen LogP contribution in [0.25, 0.3) is 0 Å². The molecule has 1 heterocycles. The first-order chi connectivity index (χ1) is 4.66. The topological polar surface area (TPSA) is 40.1 Å². The highest BCUT2D eigenvalue weighted by molar-refractivity contribution is 5.80. The van der Waals surface area contributed by atoms with Crippen LogP contribution in [0.15, 0.2) is 0 Å². The summed E-state index contributed by atoms with van der Waals surface area (Å²) in [6, 6.07) is 0. The molecular formula is C7H13NO2. The fraction of sp³-hybridized carbons (Fsp3) is 0.857. The van der Waals surface area contributed by atoms with E-state index in [2.05, 4.69) is 0 Å². The van der Waals surface area contributed by atoms with Crippen molar-refractivity contribution in [3.05, 3.63) is 5.21 Å². The summed E-state index contributed by atoms with van der Waals surface area (Å²) in [5.74, 6) is 0.128. The largest absolute Gasteiger partial charge is 0.632 e. The maximum Gasteiger partial charge on any atom is 0.187 e. The minimum atomic E-state index is -0.293. The lowest BCUT2D eigenvalue weighted by Crippen LogP contribution is -2.49. The summed E-state index contributed by atoms with van der Waals surface area (Å²) < 4.78 is -0.293. The monoisotopic (exact) mass is 143 g/mol. The van der Waals surface area contributed by atoms with E-state index in [-0.39, 0.29) is 17.0 Å². The van der Waals surface area contributed by atoms with Crippen molar-refractivity contribution >= 4 is 5.78 Å². The van der Waals surface area contributed by atoms with Crippen LogP contribution in [0.1, 0.15) is 19.8 Å². The molecule has 0 amide bonds. The van der Waals surface area contributed by atoms with Crippen molar-refractivity contribution in [2.24, 2.45) is 0 Å². The molecule has 1 saturated heterocycles. The number of likely N-dealkylation sites (tertiary alicyclic amines) is 1. The molecule has 58 valence electrons. The van der Waals surface area contributed by atoms with Crippen LogP contribution in [0.5, 0.6) is 0 Å². The van der Waals surface area contributed by atoms with Crippen molar-refractivity contribution < 1.29 is 9.44 Å². The molecule has 0 bridgehead atoms. The van der Waals surface area contributed by atoms with E-state index >= 15 is 0 Å². The van der Waals surface area contributed by atoms with Crippen molar-refractivity contribution in [3.8, 4) is 0 Å². The van der Waals surface area contributed by atoms with Crippen molar-refractivity contribution in [1.29, 1.82) is 0 Å². The molecule has 0 aromatic rings. The quantitative estimate of drug-likeness (QED) is 0.400. The fourth-order valence-electron chi connectivity index (χ4n) is 1.31. The number of quaternary nitrogens is 1. The van der Waals surface area contributed by atoms with E-state index in [4.69, 9.17) is 0 Å². The summed E-state index contributed by atoms with van der Waals surface area (Å²) in [6.07, 6.45) is 1.39. The Labute approximate surface area is 60.8 Å². The summed E-state index contributed by atoms with van der Waals surface area (Å²) in [5.41, 5.74) is 0. The molecule has 1 aliphatic rings. The molecule has 0 aromatic heterocycles. The van der Waals surface area contributed by atoms with Gasteiger partial charge in [0.05, 0.1) is 13.1 Å². The lowest BCUT2D eigenvalue weighted by Gasteiger charge is -2.43. The second-order valence-corrected chi connectivity index (χ2v) is 2.90. The van der Waals surface area contributed by atoms with Crippen LogP contribution in [0, 0.1) is 5.21 Å². The number of likely N-dealkylation sites (N-methyl/N-ethyl adjacent to an activating group) is 1. The summed E-state index contributed by atoms with van der Waals surface area (Å²) in [6.45, 7) is 3.20. The van der Waals surface area contributed by atoms with Crippen LogP contribution in [-0.2, 0) is 4.79 Å². The number of hydrogen-bond acceptors (Lipinski definition) is 2. The third-order valence-corrected chi connectivity index (χ3v) is 2.06. The maximum atomic E-state index is 11.4. The van der Waals surface area contributed by atoms with Gasteiger partial charge < -0.3 is 9.85 Å². The van der Waals surface area contributed by atoms with Gasteiger partial charge in [0, 0.05) is 12.8 Å². The predicted molar refractivity (Wildman–Crippen MR) is 38.1 cm³/mol. The minimum absolute atomic E-state index is 0.128. The van der Waals surface area contributed by atoms with Gasteiger partial charge in [0.2, 0.25) is 0 Å². The van der Waals surface area contributed by atoms with E-state index in [0.29, 0.717) is 19.5 Å². The zero-order valence-electron chi connectivity index (χ0n) is 6.30. The number of carbonyl (C=O) groups is 1. The molecule has 3 heteroatoms. The average Bonchev–Trinajstić information content (AvgIpc) is 1.88. The Morgan fingerprint density at radius 3 is 2.80 bits per heavy atom. The van der Waals surface area contributed by atoms with Gasteiger partial charge in [-0.1, -0.05) is 0 Å². The van der Waals surface area contributed by atoms with E-state index in [1.54, 1.807) is 0 Å². The maximum absolute atomic E-state index is 11.4. The first-order valence-electron chi connectivity index (χ1n) is 3.75. The van der Waals surface area contributed by atoms with Gasteiger partial charge in [0.15, 0.2) is 5.78 Å². The number of rotatable bonds is 1. The van der Waals surface area contributed by atoms with E-state index < -0.39 is 0 Å². The average molecular weight is 143 g/mol. The molecule has 1 fully saturated rings. The summed E-state index contributed by atoms with van der Waals surface area (Å²) in [4.78, 5) is 10.8. The molecule has 1 rings (SSSR count). The highest BCUT2D eigenvalue weighted by Gasteiger charge is 2.23. The van der Waals surface area contributed by atoms with Crippen LogP contribution >= 0.6 is 0 Å². The predicted octanol–water partition coefficient (Wildman–Crippen LogP) is 0.684. The molecule has 0 aromatic carbocycles. The first kappa shape index (κ1) is 7.69. The lowest BCUT2D eigenvalue weighted by molar-refractivity contribution is -0.873. The normalized spacial score (nSPS) is 34.4. The fourth-order valence-corrected chi connectivity index (χ4v) is 1.31. The van der Waals surface area contributed by atoms with E-state index in [1.807, 2.05) is 6.92 Å². The van der Waals surface area contributed by atoms with Gasteiger partial charge in [0.25, 0.3) is 0 Å². The molecule has 0 N–H and O–H groups in total. The van der Waals surface area contributed by atoms with Crippen molar-refractivity contribution in [2.45, 2.75) is 19.8 Å². The number of Topliss-reactive ketones (excluding diaryl/α,β-unsaturated/α-hetero) is 1. The van der Waals surface area contributed by atoms with Crippen LogP contribution in [0.2, 0.25) is 0 Å². The molecular weight excluding hydrogens is 130 g/mol. The molecule has 3 nitrogen and oxygen atoms in total. The Hall–Kier alpha value is -0.410. The number of nitrogens with zero attached hydrogens (tertiary/aromatic N) is 1. The molecule has 0 saturated carbocycles. The molecule has 0 spiro atoms. The zero-order chi connectivity index (χ0) is 7.61. The van der Waals surface area contributed by atoms with Gasteiger partial charge in [-0.25, -0.2) is 0 Å². The highest BCUT2D eigenvalue weighted by Crippen LogP contribution is 2.13. The SMILES string of the molecule is CC[N+]1([O-])CCCC(=O)C1. The van der Waals surface area contributed by atoms with Crippen LogP contribution in [0.3, 0.4) is 0 Å². The lowest BCUT2D eigenvalue weighted by atomic mass is 10.1. The van der Waals surface area contributed by atoms with Crippen molar-refractivity contribution in [2.75, 3.05) is 19.6 Å². The molecule has 1 aliphatic heterocycles. The summed E-state index contributed by atoms with van der Waals surface area (Å²) >= 11 is 0. The number of hydrogen-bond donors (Lipinski definition) is 0. The number of piperidine rings is 1. The molecule has 0 aliphatic carbocycles. The standard InChI is InChI=1S/C7H13NO2/c1-2-8(10)5-3-4-7(9)6-8/h2-6H2,1H3. The first-order valence-corrected chi connectivity index (χ1v) is 3.75. The Balaban J connectivity index is 2.53. The number of hydroxylamine groups is 3. The van der Waals surface area contributed by atoms with Gasteiger partial charge in [-0.05, 0) is 6.92 Å². The highest BCUT2D eigenvalue weighted by atomic mass is 16.5. The summed E-state index contributed by atoms with van der Waals surface area (Å²) in [7, 11) is 0. The minimum Gasteiger partial charge on any atom is -0.632 e. The molecule has 1 unspecified atom stereocenters. The second kappa shape index (κ2) is 2.68. The Bertz CT molecular complexity index is 147. The van der Waals surface area contributed by atoms with Crippen LogP contribution in [-0.4, -0.2) is 30.1 Å². The van der Waals surface area contributed by atoms with Gasteiger partial charge in [-0.15, -0.1) is 0 Å². The Morgan fingerprint density at radius 1 is 1.70 bits per heavy atom. The zero-order valence-corrected chi connectivity index (χ0v) is 6.30. The van der Waals surface area contributed by atoms with E-state index in [9.17, 15) is 10.0 Å². The van der Waals surface area contributed by atoms with Crippen molar-refractivity contribution in [1.82, 2.24) is 0 Å². The Kier molecular flexibility index (Phi) is 2.06. The van der Waals surface area contributed by atoms with E-state index in [1.165, 1.54) is 0 Å². The molecule has 10 heavy (non-hydrogen) atoms. The van der Waals surface area contributed by atoms with Gasteiger partial charge in [0.1, 0.15) is 6.54 Å². The number of carbonyl (C=O) groups excluding carboxylic acids is 1. The van der Waals surface area contributed by atoms with Gasteiger partial charge >= 0.3 is 0 Å². The third kappa shape index (κ3) is 1.55. The van der Waals surface area contributed by atoms with Crippen molar-refractivity contribution in [3.63, 3.8) is 0 Å². The number of ketones is 1. The molecule has 0 radical (unpaired) electrons. The third-order valence-electron chi connectivity index (χ3n) is 2.06.